The van der Waals surface area contributed by atoms with Gasteiger partial charge in [-0.25, -0.2) is 13.6 Å². The molecule has 0 unspecified atom stereocenters. The van der Waals surface area contributed by atoms with Crippen molar-refractivity contribution < 1.29 is 22.9 Å². The lowest BCUT2D eigenvalue weighted by molar-refractivity contribution is -0.385. The van der Waals surface area contributed by atoms with Gasteiger partial charge >= 0.3 is 0 Å². The van der Waals surface area contributed by atoms with E-state index in [0.717, 1.165) is 17.4 Å². The van der Waals surface area contributed by atoms with Gasteiger partial charge in [-0.1, -0.05) is 6.07 Å². The lowest BCUT2D eigenvalue weighted by Gasteiger charge is -2.07. The van der Waals surface area contributed by atoms with E-state index in [1.807, 2.05) is 0 Å². The number of nitrogens with zero attached hydrogens (tertiary/aromatic N) is 1. The molecule has 0 radical (unpaired) electrons. The summed E-state index contributed by atoms with van der Waals surface area (Å²) in [6.45, 7) is 1.29. The maximum Gasteiger partial charge on any atom is 0.273 e. The number of primary sulfonamides is 1. The number of aryl methyl sites for hydroxylation is 1. The molecule has 1 aromatic carbocycles. The molecule has 0 aliphatic rings. The standard InChI is InChI=1S/C15H16N4O6S2/c1-9-2-3-10(6-12(9)19(22)23)15(21)18-8-13(20)17-7-11-4-5-14(26-11)27(16,24)25/h2-6H,7-8H2,1H3,(H,17,20)(H,18,21)(H2,16,24,25). The van der Waals surface area contributed by atoms with Crippen LogP contribution in [0.15, 0.2) is 34.5 Å². The van der Waals surface area contributed by atoms with Gasteiger partial charge < -0.3 is 10.6 Å². The van der Waals surface area contributed by atoms with Crippen LogP contribution in [0.5, 0.6) is 0 Å². The molecule has 1 heterocycles. The molecular weight excluding hydrogens is 396 g/mol. The van der Waals surface area contributed by atoms with Crippen molar-refractivity contribution in [3.63, 3.8) is 0 Å². The van der Waals surface area contributed by atoms with Gasteiger partial charge in [-0.05, 0) is 25.1 Å². The van der Waals surface area contributed by atoms with Gasteiger partial charge in [0.25, 0.3) is 11.6 Å². The van der Waals surface area contributed by atoms with Gasteiger partial charge in [0.15, 0.2) is 0 Å². The van der Waals surface area contributed by atoms with E-state index in [1.165, 1.54) is 24.3 Å². The molecule has 2 amide bonds. The summed E-state index contributed by atoms with van der Waals surface area (Å²) in [5.41, 5.74) is 0.302. The lowest BCUT2D eigenvalue weighted by Crippen LogP contribution is -2.36. The van der Waals surface area contributed by atoms with Crippen LogP contribution < -0.4 is 15.8 Å². The molecule has 144 valence electrons. The maximum absolute atomic E-state index is 12.0. The van der Waals surface area contributed by atoms with Crippen molar-refractivity contribution in [1.82, 2.24) is 10.6 Å². The molecule has 0 aliphatic carbocycles. The summed E-state index contributed by atoms with van der Waals surface area (Å²) in [5.74, 6) is -1.13. The highest BCUT2D eigenvalue weighted by molar-refractivity contribution is 7.91. The van der Waals surface area contributed by atoms with Crippen LogP contribution >= 0.6 is 11.3 Å². The third kappa shape index (κ3) is 5.57. The van der Waals surface area contributed by atoms with Crippen molar-refractivity contribution in [2.24, 2.45) is 5.14 Å². The highest BCUT2D eigenvalue weighted by atomic mass is 32.2. The van der Waals surface area contributed by atoms with E-state index in [-0.39, 0.29) is 28.5 Å². The van der Waals surface area contributed by atoms with Crippen LogP contribution in [-0.4, -0.2) is 31.7 Å². The molecule has 12 heteroatoms. The van der Waals surface area contributed by atoms with E-state index in [1.54, 1.807) is 6.92 Å². The van der Waals surface area contributed by atoms with Crippen molar-refractivity contribution in [3.8, 4) is 0 Å². The Bertz CT molecular complexity index is 999. The van der Waals surface area contributed by atoms with Crippen molar-refractivity contribution in [2.45, 2.75) is 17.7 Å². The van der Waals surface area contributed by atoms with Crippen LogP contribution in [0.3, 0.4) is 0 Å². The average molecular weight is 412 g/mol. The molecule has 0 atom stereocenters. The summed E-state index contributed by atoms with van der Waals surface area (Å²) in [7, 11) is -3.78. The molecule has 2 aromatic rings. The number of nitrogens with two attached hydrogens (primary N) is 1. The van der Waals surface area contributed by atoms with Gasteiger partial charge in [0, 0.05) is 22.1 Å². The summed E-state index contributed by atoms with van der Waals surface area (Å²) >= 11 is 0.930. The molecule has 0 bridgehead atoms. The molecule has 0 aliphatic heterocycles. The van der Waals surface area contributed by atoms with Gasteiger partial charge in [0.05, 0.1) is 18.0 Å². The van der Waals surface area contributed by atoms with Gasteiger partial charge in [-0.2, -0.15) is 0 Å². The molecule has 0 saturated heterocycles. The fourth-order valence-electron chi connectivity index (χ4n) is 2.06. The van der Waals surface area contributed by atoms with Crippen LogP contribution in [0.2, 0.25) is 0 Å². The van der Waals surface area contributed by atoms with Crippen LogP contribution in [-0.2, 0) is 21.4 Å². The molecule has 0 spiro atoms. The van der Waals surface area contributed by atoms with Crippen LogP contribution in [0.25, 0.3) is 0 Å². The first-order valence-electron chi connectivity index (χ1n) is 7.49. The van der Waals surface area contributed by atoms with Crippen molar-refractivity contribution >= 4 is 38.9 Å². The largest absolute Gasteiger partial charge is 0.350 e. The Kier molecular flexibility index (Phi) is 6.25. The average Bonchev–Trinajstić information content (AvgIpc) is 3.07. The lowest BCUT2D eigenvalue weighted by atomic mass is 10.1. The first kappa shape index (κ1) is 20.5. The summed E-state index contributed by atoms with van der Waals surface area (Å²) < 4.78 is 22.4. The van der Waals surface area contributed by atoms with E-state index in [9.17, 15) is 28.1 Å². The Balaban J connectivity index is 1.88. The minimum Gasteiger partial charge on any atom is -0.350 e. The van der Waals surface area contributed by atoms with Gasteiger partial charge in [-0.15, -0.1) is 11.3 Å². The smallest absolute Gasteiger partial charge is 0.273 e. The predicted molar refractivity (Wildman–Crippen MR) is 97.7 cm³/mol. The van der Waals surface area contributed by atoms with Crippen LogP contribution in [0.4, 0.5) is 5.69 Å². The second kappa shape index (κ2) is 8.24. The number of carbonyl (C=O) groups is 2. The van der Waals surface area contributed by atoms with Gasteiger partial charge in [0.2, 0.25) is 15.9 Å². The fraction of sp³-hybridized carbons (Fsp3) is 0.200. The van der Waals surface area contributed by atoms with Crippen LogP contribution in [0, 0.1) is 17.0 Å². The third-order valence-electron chi connectivity index (χ3n) is 3.45. The summed E-state index contributed by atoms with van der Waals surface area (Å²) in [6, 6.07) is 6.88. The zero-order valence-electron chi connectivity index (χ0n) is 14.1. The molecule has 0 saturated carbocycles. The first-order chi connectivity index (χ1) is 12.6. The number of sulfonamides is 1. The number of nitro benzene ring substituents is 1. The Labute approximate surface area is 158 Å². The van der Waals surface area contributed by atoms with E-state index in [0.29, 0.717) is 10.4 Å². The van der Waals surface area contributed by atoms with Crippen molar-refractivity contribution in [3.05, 3.63) is 56.5 Å². The number of hydrogen-bond acceptors (Lipinski definition) is 7. The summed E-state index contributed by atoms with van der Waals surface area (Å²) in [5, 5.41) is 20.8. The van der Waals surface area contributed by atoms with E-state index in [4.69, 9.17) is 5.14 Å². The number of benzene rings is 1. The predicted octanol–water partition coefficient (Wildman–Crippen LogP) is 0.658. The number of hydrogen-bond donors (Lipinski definition) is 3. The highest BCUT2D eigenvalue weighted by Crippen LogP contribution is 2.20. The Morgan fingerprint density at radius 1 is 1.22 bits per heavy atom. The minimum atomic E-state index is -3.78. The van der Waals surface area contributed by atoms with Crippen LogP contribution in [0.1, 0.15) is 20.8 Å². The number of rotatable bonds is 7. The fourth-order valence-corrected chi connectivity index (χ4v) is 3.78. The third-order valence-corrected chi connectivity index (χ3v) is 5.98. The number of thiophene rings is 1. The van der Waals surface area contributed by atoms with Crippen molar-refractivity contribution in [2.75, 3.05) is 6.54 Å². The van der Waals surface area contributed by atoms with Gasteiger partial charge in [-0.3, -0.25) is 19.7 Å². The minimum absolute atomic E-state index is 0.0129. The zero-order valence-corrected chi connectivity index (χ0v) is 15.7. The molecule has 4 N–H and O–H groups in total. The summed E-state index contributed by atoms with van der Waals surface area (Å²) in [6.07, 6.45) is 0. The number of nitro groups is 1. The number of amides is 2. The number of nitrogens with one attached hydrogen (secondary N) is 2. The molecule has 0 fully saturated rings. The quantitative estimate of drug-likeness (QED) is 0.447. The highest BCUT2D eigenvalue weighted by Gasteiger charge is 2.16. The summed E-state index contributed by atoms with van der Waals surface area (Å²) in [4.78, 5) is 34.7. The zero-order chi connectivity index (χ0) is 20.2. The Morgan fingerprint density at radius 2 is 1.93 bits per heavy atom. The van der Waals surface area contributed by atoms with Crippen molar-refractivity contribution in [1.29, 1.82) is 0 Å². The van der Waals surface area contributed by atoms with E-state index < -0.39 is 26.8 Å². The maximum atomic E-state index is 12.0. The SMILES string of the molecule is Cc1ccc(C(=O)NCC(=O)NCc2ccc(S(N)(=O)=O)s2)cc1[N+](=O)[O-]. The van der Waals surface area contributed by atoms with E-state index in [2.05, 4.69) is 10.6 Å². The Morgan fingerprint density at radius 3 is 2.52 bits per heavy atom. The number of carbonyl (C=O) groups excluding carboxylic acids is 2. The van der Waals surface area contributed by atoms with E-state index >= 15 is 0 Å². The topological polar surface area (TPSA) is 162 Å². The molecular formula is C15H16N4O6S2. The molecule has 1 aromatic heterocycles. The molecule has 2 rings (SSSR count). The van der Waals surface area contributed by atoms with Gasteiger partial charge in [0.1, 0.15) is 4.21 Å². The second-order valence-electron chi connectivity index (χ2n) is 5.48. The normalized spacial score (nSPS) is 11.0. The first-order valence-corrected chi connectivity index (χ1v) is 9.85. The Hall–Kier alpha value is -2.83. The molecule has 10 nitrogen and oxygen atoms in total. The molecule has 27 heavy (non-hydrogen) atoms. The second-order valence-corrected chi connectivity index (χ2v) is 8.44. The monoisotopic (exact) mass is 412 g/mol.